The Bertz CT molecular complexity index is 1110. The van der Waals surface area contributed by atoms with Gasteiger partial charge in [-0.15, -0.1) is 0 Å². The Morgan fingerprint density at radius 3 is 2.64 bits per heavy atom. The minimum atomic E-state index is -3.49. The lowest BCUT2D eigenvalue weighted by atomic mass is 10.1. The molecule has 1 aliphatic rings. The highest BCUT2D eigenvalue weighted by atomic mass is 32.2. The van der Waals surface area contributed by atoms with Crippen LogP contribution in [0.3, 0.4) is 0 Å². The number of rotatable bonds is 5. The van der Waals surface area contributed by atoms with Gasteiger partial charge in [-0.1, -0.05) is 12.1 Å². The maximum absolute atomic E-state index is 12.8. The Morgan fingerprint density at radius 2 is 1.96 bits per heavy atom. The molecule has 0 atom stereocenters. The van der Waals surface area contributed by atoms with E-state index in [-0.39, 0.29) is 17.2 Å². The summed E-state index contributed by atoms with van der Waals surface area (Å²) in [6.07, 6.45) is 4.51. The van der Waals surface area contributed by atoms with Crippen LogP contribution in [0.15, 0.2) is 65.8 Å². The molecular formula is C20H20N4O3S. The fourth-order valence-electron chi connectivity index (χ4n) is 3.38. The van der Waals surface area contributed by atoms with Crippen LogP contribution in [-0.4, -0.2) is 37.7 Å². The van der Waals surface area contributed by atoms with E-state index in [1.807, 2.05) is 36.5 Å². The Hall–Kier alpha value is -2.97. The van der Waals surface area contributed by atoms with E-state index < -0.39 is 10.0 Å². The molecule has 0 aliphatic carbocycles. The third kappa shape index (κ3) is 3.44. The zero-order valence-electron chi connectivity index (χ0n) is 15.4. The third-order valence-electron chi connectivity index (χ3n) is 4.89. The SMILES string of the molecule is CNS(=O)(=O)c1ccc2c(c1)CCN2C(=O)Cc1ccc(-n2cccn2)cc1. The number of hydrogen-bond acceptors (Lipinski definition) is 4. The molecule has 1 amide bonds. The molecule has 0 spiro atoms. The van der Waals surface area contributed by atoms with Crippen molar-refractivity contribution in [3.05, 3.63) is 72.1 Å². The zero-order chi connectivity index (χ0) is 19.7. The molecule has 1 aliphatic heterocycles. The number of sulfonamides is 1. The first kappa shape index (κ1) is 18.4. The highest BCUT2D eigenvalue weighted by Crippen LogP contribution is 2.30. The van der Waals surface area contributed by atoms with Gasteiger partial charge in [0.2, 0.25) is 15.9 Å². The van der Waals surface area contributed by atoms with Crippen molar-refractivity contribution in [1.29, 1.82) is 0 Å². The Kier molecular flexibility index (Phi) is 4.74. The van der Waals surface area contributed by atoms with Crippen molar-refractivity contribution >= 4 is 21.6 Å². The van der Waals surface area contributed by atoms with E-state index in [2.05, 4.69) is 9.82 Å². The predicted octanol–water partition coefficient (Wildman–Crippen LogP) is 1.91. The van der Waals surface area contributed by atoms with Crippen molar-refractivity contribution in [2.24, 2.45) is 0 Å². The van der Waals surface area contributed by atoms with E-state index >= 15 is 0 Å². The minimum Gasteiger partial charge on any atom is -0.312 e. The number of amides is 1. The monoisotopic (exact) mass is 396 g/mol. The molecule has 0 radical (unpaired) electrons. The lowest BCUT2D eigenvalue weighted by molar-refractivity contribution is -0.117. The number of hydrogen-bond donors (Lipinski definition) is 1. The molecule has 28 heavy (non-hydrogen) atoms. The standard InChI is InChI=1S/C20H20N4O3S/c1-21-28(26,27)18-7-8-19-16(14-18)9-12-23(19)20(25)13-15-3-5-17(6-4-15)24-11-2-10-22-24/h2-8,10-11,14,21H,9,12-13H2,1H3. The van der Waals surface area contributed by atoms with Gasteiger partial charge < -0.3 is 4.90 Å². The second kappa shape index (κ2) is 7.21. The first-order valence-electron chi connectivity index (χ1n) is 8.94. The number of benzene rings is 2. The normalized spacial score (nSPS) is 13.5. The van der Waals surface area contributed by atoms with E-state index in [0.717, 1.165) is 22.5 Å². The number of nitrogens with one attached hydrogen (secondary N) is 1. The largest absolute Gasteiger partial charge is 0.312 e. The van der Waals surface area contributed by atoms with Crippen LogP contribution in [0.25, 0.3) is 5.69 Å². The summed E-state index contributed by atoms with van der Waals surface area (Å²) >= 11 is 0. The minimum absolute atomic E-state index is 0.00480. The van der Waals surface area contributed by atoms with E-state index in [0.29, 0.717) is 13.0 Å². The summed E-state index contributed by atoms with van der Waals surface area (Å²) in [5, 5.41) is 4.19. The van der Waals surface area contributed by atoms with Gasteiger partial charge in [0.1, 0.15) is 0 Å². The van der Waals surface area contributed by atoms with Crippen LogP contribution in [0, 0.1) is 0 Å². The zero-order valence-corrected chi connectivity index (χ0v) is 16.2. The molecule has 2 aromatic carbocycles. The van der Waals surface area contributed by atoms with Crippen molar-refractivity contribution in [2.45, 2.75) is 17.7 Å². The molecule has 0 saturated carbocycles. The Balaban J connectivity index is 1.50. The second-order valence-electron chi connectivity index (χ2n) is 6.59. The first-order valence-corrected chi connectivity index (χ1v) is 10.4. The van der Waals surface area contributed by atoms with Crippen LogP contribution < -0.4 is 9.62 Å². The molecule has 0 fully saturated rings. The predicted molar refractivity (Wildman–Crippen MR) is 106 cm³/mol. The van der Waals surface area contributed by atoms with Gasteiger partial charge in [-0.2, -0.15) is 5.10 Å². The van der Waals surface area contributed by atoms with Crippen molar-refractivity contribution in [2.75, 3.05) is 18.5 Å². The molecule has 0 bridgehead atoms. The Morgan fingerprint density at radius 1 is 1.18 bits per heavy atom. The summed E-state index contributed by atoms with van der Waals surface area (Å²) in [5.41, 5.74) is 3.52. The van der Waals surface area contributed by atoms with Gasteiger partial charge in [0.05, 0.1) is 17.0 Å². The van der Waals surface area contributed by atoms with Crippen LogP contribution in [0.5, 0.6) is 0 Å². The number of fused-ring (bicyclic) bond motifs is 1. The molecule has 8 heteroatoms. The summed E-state index contributed by atoms with van der Waals surface area (Å²) in [4.78, 5) is 14.8. The van der Waals surface area contributed by atoms with Gasteiger partial charge in [0, 0.05) is 24.6 Å². The van der Waals surface area contributed by atoms with Crippen LogP contribution in [0.1, 0.15) is 11.1 Å². The fourth-order valence-corrected chi connectivity index (χ4v) is 4.16. The molecule has 4 rings (SSSR count). The lowest BCUT2D eigenvalue weighted by Gasteiger charge is -2.18. The van der Waals surface area contributed by atoms with Crippen LogP contribution in [0.4, 0.5) is 5.69 Å². The summed E-state index contributed by atoms with van der Waals surface area (Å²) in [6.45, 7) is 0.558. The number of carbonyl (C=O) groups is 1. The average Bonchev–Trinajstić information content (AvgIpc) is 3.38. The van der Waals surface area contributed by atoms with Gasteiger partial charge in [0.25, 0.3) is 0 Å². The number of anilines is 1. The number of aromatic nitrogens is 2. The molecule has 3 aromatic rings. The molecule has 1 aromatic heterocycles. The third-order valence-corrected chi connectivity index (χ3v) is 6.30. The number of nitrogens with zero attached hydrogens (tertiary/aromatic N) is 3. The Labute approximate surface area is 163 Å². The molecule has 7 nitrogen and oxygen atoms in total. The summed E-state index contributed by atoms with van der Waals surface area (Å²) < 4.78 is 28.0. The quantitative estimate of drug-likeness (QED) is 0.714. The van der Waals surface area contributed by atoms with Gasteiger partial charge in [-0.25, -0.2) is 17.8 Å². The van der Waals surface area contributed by atoms with Gasteiger partial charge >= 0.3 is 0 Å². The van der Waals surface area contributed by atoms with Gasteiger partial charge in [-0.05, 0) is 61.0 Å². The second-order valence-corrected chi connectivity index (χ2v) is 8.47. The van der Waals surface area contributed by atoms with Crippen molar-refractivity contribution in [1.82, 2.24) is 14.5 Å². The maximum Gasteiger partial charge on any atom is 0.240 e. The van der Waals surface area contributed by atoms with Gasteiger partial charge in [0.15, 0.2) is 0 Å². The van der Waals surface area contributed by atoms with Crippen LogP contribution >= 0.6 is 0 Å². The molecule has 2 heterocycles. The maximum atomic E-state index is 12.8. The fraction of sp³-hybridized carbons (Fsp3) is 0.200. The average molecular weight is 396 g/mol. The van der Waals surface area contributed by atoms with E-state index in [1.54, 1.807) is 27.9 Å². The number of carbonyl (C=O) groups excluding carboxylic acids is 1. The highest BCUT2D eigenvalue weighted by Gasteiger charge is 2.26. The van der Waals surface area contributed by atoms with Crippen molar-refractivity contribution < 1.29 is 13.2 Å². The van der Waals surface area contributed by atoms with Crippen molar-refractivity contribution in [3.63, 3.8) is 0 Å². The summed E-state index contributed by atoms with van der Waals surface area (Å²) in [5.74, 6) is -0.00480. The van der Waals surface area contributed by atoms with Gasteiger partial charge in [-0.3, -0.25) is 4.79 Å². The molecule has 0 saturated heterocycles. The smallest absolute Gasteiger partial charge is 0.240 e. The van der Waals surface area contributed by atoms with E-state index in [4.69, 9.17) is 0 Å². The molecule has 0 unspecified atom stereocenters. The topological polar surface area (TPSA) is 84.3 Å². The molecule has 1 N–H and O–H groups in total. The van der Waals surface area contributed by atoms with Crippen LogP contribution in [0.2, 0.25) is 0 Å². The van der Waals surface area contributed by atoms with Crippen LogP contribution in [-0.2, 0) is 27.7 Å². The summed E-state index contributed by atoms with van der Waals surface area (Å²) in [7, 11) is -2.10. The highest BCUT2D eigenvalue weighted by molar-refractivity contribution is 7.89. The van der Waals surface area contributed by atoms with E-state index in [9.17, 15) is 13.2 Å². The first-order chi connectivity index (χ1) is 13.5. The van der Waals surface area contributed by atoms with Crippen molar-refractivity contribution in [3.8, 4) is 5.69 Å². The lowest BCUT2D eigenvalue weighted by Crippen LogP contribution is -2.30. The molecule has 144 valence electrons. The van der Waals surface area contributed by atoms with E-state index in [1.165, 1.54) is 13.1 Å². The molecular weight excluding hydrogens is 376 g/mol. The summed E-state index contributed by atoms with van der Waals surface area (Å²) in [6, 6.07) is 14.5.